The quantitative estimate of drug-likeness (QED) is 0.809. The van der Waals surface area contributed by atoms with Gasteiger partial charge < -0.3 is 15.4 Å². The highest BCUT2D eigenvalue weighted by Crippen LogP contribution is 2.30. The van der Waals surface area contributed by atoms with E-state index in [-0.39, 0.29) is 37.0 Å². The Morgan fingerprint density at radius 2 is 1.88 bits per heavy atom. The normalized spacial score (nSPS) is 12.6. The first kappa shape index (κ1) is 17.7. The lowest BCUT2D eigenvalue weighted by Gasteiger charge is -2.18. The first-order chi connectivity index (χ1) is 12.4. The zero-order valence-corrected chi connectivity index (χ0v) is 14.7. The van der Waals surface area contributed by atoms with Crippen molar-refractivity contribution in [2.24, 2.45) is 0 Å². The highest BCUT2D eigenvalue weighted by Gasteiger charge is 2.17. The number of ketones is 1. The Balaban J connectivity index is 1.57. The SMILES string of the molecule is Cc1ccc(C(=O)CCC(=O)Nc2ccc3c(c2)NC(=O)CO3)cc1C. The lowest BCUT2D eigenvalue weighted by molar-refractivity contribution is -0.118. The van der Waals surface area contributed by atoms with Crippen molar-refractivity contribution in [3.05, 3.63) is 53.1 Å². The predicted molar refractivity (Wildman–Crippen MR) is 98.7 cm³/mol. The number of Topliss-reactive ketones (excluding diaryl/α,β-unsaturated/α-hetero) is 1. The molecule has 2 amide bonds. The summed E-state index contributed by atoms with van der Waals surface area (Å²) in [6, 6.07) is 10.6. The fourth-order valence-corrected chi connectivity index (χ4v) is 2.67. The van der Waals surface area contributed by atoms with Crippen LogP contribution in [0.1, 0.15) is 34.3 Å². The highest BCUT2D eigenvalue weighted by molar-refractivity contribution is 6.01. The van der Waals surface area contributed by atoms with E-state index in [0.29, 0.717) is 22.7 Å². The van der Waals surface area contributed by atoms with Gasteiger partial charge in [-0.15, -0.1) is 0 Å². The maximum atomic E-state index is 12.2. The van der Waals surface area contributed by atoms with Crippen LogP contribution in [0.3, 0.4) is 0 Å². The standard InChI is InChI=1S/C20H20N2O4/c1-12-3-4-14(9-13(12)2)17(23)6-8-19(24)21-15-5-7-18-16(10-15)22-20(25)11-26-18/h3-5,7,9-10H,6,8,11H2,1-2H3,(H,21,24)(H,22,25). The minimum Gasteiger partial charge on any atom is -0.482 e. The molecular weight excluding hydrogens is 332 g/mol. The van der Waals surface area contributed by atoms with Crippen LogP contribution in [0.15, 0.2) is 36.4 Å². The number of hydrogen-bond acceptors (Lipinski definition) is 4. The highest BCUT2D eigenvalue weighted by atomic mass is 16.5. The van der Waals surface area contributed by atoms with E-state index in [9.17, 15) is 14.4 Å². The van der Waals surface area contributed by atoms with Crippen LogP contribution in [0.5, 0.6) is 5.75 Å². The summed E-state index contributed by atoms with van der Waals surface area (Å²) in [7, 11) is 0. The van der Waals surface area contributed by atoms with E-state index in [0.717, 1.165) is 11.1 Å². The molecule has 1 aliphatic heterocycles. The molecule has 3 rings (SSSR count). The molecule has 0 aliphatic carbocycles. The second kappa shape index (κ2) is 7.39. The minimum atomic E-state index is -0.259. The third kappa shape index (κ3) is 4.08. The van der Waals surface area contributed by atoms with Gasteiger partial charge in [0.25, 0.3) is 5.91 Å². The molecule has 6 heteroatoms. The molecule has 134 valence electrons. The average molecular weight is 352 g/mol. The fourth-order valence-electron chi connectivity index (χ4n) is 2.67. The molecule has 2 aromatic carbocycles. The molecule has 0 aromatic heterocycles. The summed E-state index contributed by atoms with van der Waals surface area (Å²) >= 11 is 0. The van der Waals surface area contributed by atoms with Gasteiger partial charge in [-0.25, -0.2) is 0 Å². The topological polar surface area (TPSA) is 84.5 Å². The summed E-state index contributed by atoms with van der Waals surface area (Å²) in [5.41, 5.74) is 3.86. The molecular formula is C20H20N2O4. The smallest absolute Gasteiger partial charge is 0.262 e. The lowest BCUT2D eigenvalue weighted by atomic mass is 10.0. The summed E-state index contributed by atoms with van der Waals surface area (Å²) in [6.07, 6.45) is 0.227. The molecule has 2 aromatic rings. The van der Waals surface area contributed by atoms with Gasteiger partial charge in [-0.05, 0) is 49.2 Å². The van der Waals surface area contributed by atoms with Crippen molar-refractivity contribution >= 4 is 29.0 Å². The van der Waals surface area contributed by atoms with Crippen LogP contribution >= 0.6 is 0 Å². The van der Waals surface area contributed by atoms with Gasteiger partial charge in [-0.1, -0.05) is 12.1 Å². The van der Waals surface area contributed by atoms with Gasteiger partial charge in [-0.3, -0.25) is 14.4 Å². The molecule has 0 spiro atoms. The van der Waals surface area contributed by atoms with Gasteiger partial charge in [0.2, 0.25) is 5.91 Å². The maximum Gasteiger partial charge on any atom is 0.262 e. The van der Waals surface area contributed by atoms with E-state index in [1.54, 1.807) is 24.3 Å². The Kier molecular flexibility index (Phi) is 5.02. The minimum absolute atomic E-state index is 0.0146. The number of aryl methyl sites for hydroxylation is 2. The first-order valence-corrected chi connectivity index (χ1v) is 8.39. The average Bonchev–Trinajstić information content (AvgIpc) is 2.61. The molecule has 2 N–H and O–H groups in total. The van der Waals surface area contributed by atoms with Crippen LogP contribution < -0.4 is 15.4 Å². The molecule has 6 nitrogen and oxygen atoms in total. The zero-order chi connectivity index (χ0) is 18.7. The van der Waals surface area contributed by atoms with Gasteiger partial charge in [0, 0.05) is 24.1 Å². The van der Waals surface area contributed by atoms with Gasteiger partial charge in [0.15, 0.2) is 12.4 Å². The number of carbonyl (C=O) groups excluding carboxylic acids is 3. The number of benzene rings is 2. The second-order valence-corrected chi connectivity index (χ2v) is 6.32. The fraction of sp³-hybridized carbons (Fsp3) is 0.250. The lowest BCUT2D eigenvalue weighted by Crippen LogP contribution is -2.25. The third-order valence-corrected chi connectivity index (χ3v) is 4.30. The number of nitrogens with one attached hydrogen (secondary N) is 2. The Morgan fingerprint density at radius 3 is 2.65 bits per heavy atom. The molecule has 0 saturated carbocycles. The Hall–Kier alpha value is -3.15. The summed E-state index contributed by atoms with van der Waals surface area (Å²) in [5.74, 6) is 0.00650. The van der Waals surface area contributed by atoms with Crippen LogP contribution in [0.2, 0.25) is 0 Å². The number of hydrogen-bond donors (Lipinski definition) is 2. The molecule has 1 aliphatic rings. The number of anilines is 2. The van der Waals surface area contributed by atoms with E-state index in [4.69, 9.17) is 4.74 Å². The van der Waals surface area contributed by atoms with Crippen molar-refractivity contribution in [3.63, 3.8) is 0 Å². The van der Waals surface area contributed by atoms with E-state index in [1.807, 2.05) is 26.0 Å². The summed E-state index contributed by atoms with van der Waals surface area (Å²) in [4.78, 5) is 35.7. The van der Waals surface area contributed by atoms with E-state index >= 15 is 0 Å². The monoisotopic (exact) mass is 352 g/mol. The number of rotatable bonds is 5. The number of fused-ring (bicyclic) bond motifs is 1. The maximum absolute atomic E-state index is 12.2. The molecule has 0 bridgehead atoms. The number of carbonyl (C=O) groups is 3. The molecule has 26 heavy (non-hydrogen) atoms. The molecule has 0 atom stereocenters. The van der Waals surface area contributed by atoms with Crippen LogP contribution in [0.4, 0.5) is 11.4 Å². The van der Waals surface area contributed by atoms with Crippen molar-refractivity contribution in [1.82, 2.24) is 0 Å². The van der Waals surface area contributed by atoms with Gasteiger partial charge in [0.1, 0.15) is 5.75 Å². The van der Waals surface area contributed by atoms with Crippen LogP contribution in [0.25, 0.3) is 0 Å². The Bertz CT molecular complexity index is 889. The largest absolute Gasteiger partial charge is 0.482 e. The third-order valence-electron chi connectivity index (χ3n) is 4.30. The molecule has 0 saturated heterocycles. The predicted octanol–water partition coefficient (Wildman–Crippen LogP) is 3.24. The van der Waals surface area contributed by atoms with E-state index < -0.39 is 0 Å². The van der Waals surface area contributed by atoms with E-state index in [2.05, 4.69) is 10.6 Å². The van der Waals surface area contributed by atoms with Gasteiger partial charge in [-0.2, -0.15) is 0 Å². The Labute approximate surface area is 151 Å². The molecule has 0 unspecified atom stereocenters. The second-order valence-electron chi connectivity index (χ2n) is 6.32. The van der Waals surface area contributed by atoms with Crippen molar-refractivity contribution in [2.45, 2.75) is 26.7 Å². The summed E-state index contributed by atoms with van der Waals surface area (Å²) in [5, 5.41) is 5.42. The van der Waals surface area contributed by atoms with E-state index in [1.165, 1.54) is 0 Å². The van der Waals surface area contributed by atoms with Crippen molar-refractivity contribution in [1.29, 1.82) is 0 Å². The van der Waals surface area contributed by atoms with Crippen molar-refractivity contribution < 1.29 is 19.1 Å². The Morgan fingerprint density at radius 1 is 1.08 bits per heavy atom. The number of amides is 2. The van der Waals surface area contributed by atoms with Crippen molar-refractivity contribution in [2.75, 3.05) is 17.2 Å². The zero-order valence-electron chi connectivity index (χ0n) is 14.7. The first-order valence-electron chi connectivity index (χ1n) is 8.39. The van der Waals surface area contributed by atoms with Crippen LogP contribution in [0, 0.1) is 13.8 Å². The van der Waals surface area contributed by atoms with Gasteiger partial charge >= 0.3 is 0 Å². The van der Waals surface area contributed by atoms with Gasteiger partial charge in [0.05, 0.1) is 5.69 Å². The van der Waals surface area contributed by atoms with Crippen LogP contribution in [-0.2, 0) is 9.59 Å². The van der Waals surface area contributed by atoms with Crippen LogP contribution in [-0.4, -0.2) is 24.2 Å². The number of ether oxygens (including phenoxy) is 1. The molecule has 0 radical (unpaired) electrons. The summed E-state index contributed by atoms with van der Waals surface area (Å²) in [6.45, 7) is 3.93. The molecule has 1 heterocycles. The molecule has 0 fully saturated rings. The summed E-state index contributed by atoms with van der Waals surface area (Å²) < 4.78 is 5.27. The van der Waals surface area contributed by atoms with Crippen molar-refractivity contribution in [3.8, 4) is 5.75 Å².